The highest BCUT2D eigenvalue weighted by molar-refractivity contribution is 6.12. The molecular formula is C18H13F5N2O2. The van der Waals surface area contributed by atoms with E-state index >= 15 is 0 Å². The third-order valence-electron chi connectivity index (χ3n) is 4.22. The van der Waals surface area contributed by atoms with E-state index in [0.717, 1.165) is 18.2 Å². The fourth-order valence-electron chi connectivity index (χ4n) is 2.94. The van der Waals surface area contributed by atoms with E-state index in [1.807, 2.05) is 0 Å². The second-order valence-electron chi connectivity index (χ2n) is 6.02. The van der Waals surface area contributed by atoms with Crippen molar-refractivity contribution in [1.82, 2.24) is 5.01 Å². The van der Waals surface area contributed by atoms with Gasteiger partial charge in [-0.25, -0.2) is 13.6 Å². The zero-order valence-corrected chi connectivity index (χ0v) is 13.7. The van der Waals surface area contributed by atoms with Crippen LogP contribution in [-0.4, -0.2) is 34.0 Å². The Balaban J connectivity index is 1.94. The Morgan fingerprint density at radius 1 is 1.30 bits per heavy atom. The lowest BCUT2D eigenvalue weighted by Crippen LogP contribution is -2.32. The Kier molecular flexibility index (Phi) is 4.86. The van der Waals surface area contributed by atoms with Crippen molar-refractivity contribution in [2.45, 2.75) is 25.2 Å². The summed E-state index contributed by atoms with van der Waals surface area (Å²) in [7, 11) is 0. The van der Waals surface area contributed by atoms with Gasteiger partial charge in [0.25, 0.3) is 0 Å². The van der Waals surface area contributed by atoms with Crippen LogP contribution >= 0.6 is 0 Å². The number of halogens is 5. The molecule has 0 fully saturated rings. The molecule has 1 aromatic rings. The smallest absolute Gasteiger partial charge is 0.412 e. The largest absolute Gasteiger partial charge is 0.478 e. The molecule has 9 heteroatoms. The fraction of sp³-hybridized carbons (Fsp3) is 0.222. The van der Waals surface area contributed by atoms with E-state index in [1.165, 1.54) is 23.2 Å². The number of alkyl halides is 3. The van der Waals surface area contributed by atoms with Gasteiger partial charge in [-0.3, -0.25) is 5.01 Å². The number of nitrogens with zero attached hydrogens (tertiary/aromatic N) is 2. The van der Waals surface area contributed by atoms with Gasteiger partial charge in [-0.05, 0) is 12.1 Å². The number of fused-ring (bicyclic) bond motifs is 1. The lowest BCUT2D eigenvalue weighted by Gasteiger charge is -2.28. The molecule has 0 amide bonds. The molecule has 1 N–H and O–H groups in total. The molecule has 0 spiro atoms. The highest BCUT2D eigenvalue weighted by Crippen LogP contribution is 2.38. The molecule has 0 bridgehead atoms. The van der Waals surface area contributed by atoms with Crippen molar-refractivity contribution < 1.29 is 31.9 Å². The summed E-state index contributed by atoms with van der Waals surface area (Å²) in [6.07, 6.45) is -0.766. The number of aliphatic carboxylic acids is 1. The van der Waals surface area contributed by atoms with Gasteiger partial charge < -0.3 is 5.11 Å². The molecule has 0 aromatic heterocycles. The van der Waals surface area contributed by atoms with Gasteiger partial charge in [0.15, 0.2) is 0 Å². The van der Waals surface area contributed by atoms with Crippen LogP contribution in [0.3, 0.4) is 0 Å². The molecule has 4 nitrogen and oxygen atoms in total. The van der Waals surface area contributed by atoms with Crippen LogP contribution in [0.5, 0.6) is 0 Å². The van der Waals surface area contributed by atoms with Crippen LogP contribution in [0.2, 0.25) is 0 Å². The van der Waals surface area contributed by atoms with E-state index in [9.17, 15) is 26.7 Å². The molecule has 2 aliphatic rings. The summed E-state index contributed by atoms with van der Waals surface area (Å²) in [5.41, 5.74) is -0.115. The quantitative estimate of drug-likeness (QED) is 0.632. The van der Waals surface area contributed by atoms with Gasteiger partial charge in [-0.15, -0.1) is 0 Å². The van der Waals surface area contributed by atoms with Crippen molar-refractivity contribution in [2.75, 3.05) is 0 Å². The summed E-state index contributed by atoms with van der Waals surface area (Å²) in [6, 6.07) is 2.09. The summed E-state index contributed by atoms with van der Waals surface area (Å²) in [6.45, 7) is -0.191. The number of carboxylic acids is 1. The van der Waals surface area contributed by atoms with Crippen LogP contribution in [0.4, 0.5) is 22.0 Å². The first-order chi connectivity index (χ1) is 12.6. The summed E-state index contributed by atoms with van der Waals surface area (Å²) in [5.74, 6) is -2.85. The molecule has 1 aliphatic carbocycles. The summed E-state index contributed by atoms with van der Waals surface area (Å²) in [5, 5.41) is 14.2. The Morgan fingerprint density at radius 3 is 2.67 bits per heavy atom. The van der Waals surface area contributed by atoms with Crippen molar-refractivity contribution in [2.24, 2.45) is 5.10 Å². The van der Waals surface area contributed by atoms with E-state index < -0.39 is 41.8 Å². The molecule has 1 aliphatic heterocycles. The van der Waals surface area contributed by atoms with Crippen LogP contribution in [0.1, 0.15) is 12.0 Å². The van der Waals surface area contributed by atoms with Gasteiger partial charge in [0.2, 0.25) is 0 Å². The van der Waals surface area contributed by atoms with Crippen molar-refractivity contribution >= 4 is 11.7 Å². The monoisotopic (exact) mass is 384 g/mol. The zero-order valence-electron chi connectivity index (χ0n) is 13.7. The van der Waals surface area contributed by atoms with Crippen molar-refractivity contribution in [3.63, 3.8) is 0 Å². The Hall–Kier alpha value is -2.97. The van der Waals surface area contributed by atoms with Crippen LogP contribution in [-0.2, 0) is 11.3 Å². The average molecular weight is 384 g/mol. The highest BCUT2D eigenvalue weighted by Gasteiger charge is 2.41. The second-order valence-corrected chi connectivity index (χ2v) is 6.02. The second kappa shape index (κ2) is 6.98. The first-order valence-electron chi connectivity index (χ1n) is 7.83. The van der Waals surface area contributed by atoms with Gasteiger partial charge in [0, 0.05) is 35.3 Å². The molecule has 0 radical (unpaired) electrons. The number of rotatable bonds is 4. The predicted molar refractivity (Wildman–Crippen MR) is 86.7 cm³/mol. The number of carboxylic acid groups (broad SMARTS) is 1. The fourth-order valence-corrected chi connectivity index (χ4v) is 2.94. The van der Waals surface area contributed by atoms with Gasteiger partial charge in [0.05, 0.1) is 18.3 Å². The number of carbonyl (C=O) groups is 1. The normalized spacial score (nSPS) is 19.7. The summed E-state index contributed by atoms with van der Waals surface area (Å²) in [4.78, 5) is 10.7. The van der Waals surface area contributed by atoms with Crippen LogP contribution in [0.25, 0.3) is 0 Å². The predicted octanol–water partition coefficient (Wildman–Crippen LogP) is 3.96. The maximum absolute atomic E-state index is 13.9. The Bertz CT molecular complexity index is 900. The Labute approximate surface area is 150 Å². The van der Waals surface area contributed by atoms with E-state index in [4.69, 9.17) is 5.11 Å². The molecule has 142 valence electrons. The first kappa shape index (κ1) is 18.8. The summed E-state index contributed by atoms with van der Waals surface area (Å²) < 4.78 is 66.2. The van der Waals surface area contributed by atoms with Crippen molar-refractivity contribution in [3.05, 3.63) is 70.8 Å². The molecule has 1 aromatic carbocycles. The van der Waals surface area contributed by atoms with Gasteiger partial charge in [-0.1, -0.05) is 18.2 Å². The molecule has 0 saturated heterocycles. The summed E-state index contributed by atoms with van der Waals surface area (Å²) >= 11 is 0. The molecule has 1 unspecified atom stereocenters. The minimum Gasteiger partial charge on any atom is -0.478 e. The number of hydrogen-bond donors (Lipinski definition) is 1. The lowest BCUT2D eigenvalue weighted by molar-refractivity contribution is -0.131. The molecule has 27 heavy (non-hydrogen) atoms. The van der Waals surface area contributed by atoms with Crippen molar-refractivity contribution in [1.29, 1.82) is 0 Å². The van der Waals surface area contributed by atoms with E-state index in [1.54, 1.807) is 0 Å². The van der Waals surface area contributed by atoms with E-state index in [0.29, 0.717) is 11.6 Å². The van der Waals surface area contributed by atoms with Gasteiger partial charge in [0.1, 0.15) is 11.6 Å². The minimum atomic E-state index is -4.52. The molecule has 0 saturated carbocycles. The molecule has 1 heterocycles. The Morgan fingerprint density at radius 2 is 2.04 bits per heavy atom. The number of allylic oxidation sites excluding steroid dienone is 3. The van der Waals surface area contributed by atoms with E-state index in [-0.39, 0.29) is 17.8 Å². The van der Waals surface area contributed by atoms with Crippen molar-refractivity contribution in [3.8, 4) is 0 Å². The van der Waals surface area contributed by atoms with E-state index in [2.05, 4.69) is 5.10 Å². The average Bonchev–Trinajstić information content (AvgIpc) is 2.92. The minimum absolute atomic E-state index is 0.0612. The maximum atomic E-state index is 13.9. The number of hydrazone groups is 1. The topological polar surface area (TPSA) is 52.9 Å². The van der Waals surface area contributed by atoms with Crippen LogP contribution in [0, 0.1) is 11.6 Å². The third kappa shape index (κ3) is 4.07. The SMILES string of the molecule is O=C(O)/C=C/C1=NN(Cc2ccc(F)cc2F)C2CC(C(F)(F)F)=CC=C12. The van der Waals surface area contributed by atoms with Crippen LogP contribution < -0.4 is 0 Å². The first-order valence-corrected chi connectivity index (χ1v) is 7.83. The van der Waals surface area contributed by atoms with Crippen LogP contribution in [0.15, 0.2) is 58.8 Å². The van der Waals surface area contributed by atoms with Gasteiger partial charge in [-0.2, -0.15) is 18.3 Å². The highest BCUT2D eigenvalue weighted by atomic mass is 19.4. The zero-order chi connectivity index (χ0) is 19.8. The molecular weight excluding hydrogens is 371 g/mol. The molecule has 3 rings (SSSR count). The maximum Gasteiger partial charge on any atom is 0.412 e. The number of hydrogen-bond acceptors (Lipinski definition) is 3. The lowest BCUT2D eigenvalue weighted by atomic mass is 9.90. The standard InChI is InChI=1S/C18H13F5N2O2/c19-12-3-1-10(14(20)8-12)9-25-16-7-11(18(21,22)23)2-4-13(16)15(24-25)5-6-17(26)27/h1-6,8,16H,7,9H2,(H,26,27)/b6-5+. The number of benzene rings is 1. The third-order valence-corrected chi connectivity index (χ3v) is 4.22. The molecule has 1 atom stereocenters. The van der Waals surface area contributed by atoms with Gasteiger partial charge >= 0.3 is 12.1 Å².